The van der Waals surface area contributed by atoms with Crippen LogP contribution in [-0.2, 0) is 16.0 Å². The van der Waals surface area contributed by atoms with E-state index in [-0.39, 0.29) is 5.78 Å². The van der Waals surface area contributed by atoms with Crippen molar-refractivity contribution < 1.29 is 9.53 Å². The average Bonchev–Trinajstić information content (AvgIpc) is 2.70. The van der Waals surface area contributed by atoms with Crippen LogP contribution in [0.5, 0.6) is 0 Å². The molecule has 2 N–H and O–H groups in total. The van der Waals surface area contributed by atoms with E-state index in [9.17, 15) is 4.79 Å². The largest absolute Gasteiger partial charge is 0.383 e. The molecule has 1 aromatic heterocycles. The van der Waals surface area contributed by atoms with Gasteiger partial charge in [-0.3, -0.25) is 4.79 Å². The zero-order valence-corrected chi connectivity index (χ0v) is 9.40. The first-order valence-electron chi connectivity index (χ1n) is 5.48. The van der Waals surface area contributed by atoms with E-state index in [1.807, 2.05) is 13.0 Å². The molecule has 0 aromatic carbocycles. The molecule has 2 rings (SSSR count). The Kier molecular flexibility index (Phi) is 2.92. The Hall–Kier alpha value is -1.42. The van der Waals surface area contributed by atoms with E-state index in [0.717, 1.165) is 18.4 Å². The van der Waals surface area contributed by atoms with Gasteiger partial charge < -0.3 is 10.5 Å². The van der Waals surface area contributed by atoms with Crippen molar-refractivity contribution in [3.8, 4) is 0 Å². The van der Waals surface area contributed by atoms with E-state index >= 15 is 0 Å². The molecule has 1 unspecified atom stereocenters. The second kappa shape index (κ2) is 4.22. The lowest BCUT2D eigenvalue weighted by Crippen LogP contribution is -2.35. The minimum Gasteiger partial charge on any atom is -0.383 e. The van der Waals surface area contributed by atoms with Crippen LogP contribution in [0.15, 0.2) is 18.3 Å². The molecule has 1 aromatic rings. The third-order valence-corrected chi connectivity index (χ3v) is 3.09. The third-order valence-electron chi connectivity index (χ3n) is 3.09. The lowest BCUT2D eigenvalue weighted by molar-refractivity contribution is -0.136. The van der Waals surface area contributed by atoms with Crippen molar-refractivity contribution in [2.24, 2.45) is 0 Å². The van der Waals surface area contributed by atoms with Crippen LogP contribution in [0.1, 0.15) is 25.3 Å². The van der Waals surface area contributed by atoms with Gasteiger partial charge in [0.2, 0.25) is 0 Å². The highest BCUT2D eigenvalue weighted by Crippen LogP contribution is 2.27. The first-order valence-corrected chi connectivity index (χ1v) is 5.48. The summed E-state index contributed by atoms with van der Waals surface area (Å²) < 4.78 is 5.50. The van der Waals surface area contributed by atoms with E-state index in [1.165, 1.54) is 0 Å². The number of Topliss-reactive ketones (excluding diaryl/α,β-unsaturated/α-hetero) is 1. The van der Waals surface area contributed by atoms with E-state index in [0.29, 0.717) is 18.8 Å². The normalized spacial score (nSPS) is 24.6. The van der Waals surface area contributed by atoms with Gasteiger partial charge in [0.05, 0.1) is 0 Å². The molecule has 0 radical (unpaired) electrons. The average molecular weight is 220 g/mol. The Morgan fingerprint density at radius 3 is 3.12 bits per heavy atom. The number of anilines is 1. The SMILES string of the molecule is CC1(C(=O)Cc2cccnc2N)CCCO1. The molecule has 0 amide bonds. The molecule has 2 heterocycles. The minimum absolute atomic E-state index is 0.0877. The van der Waals surface area contributed by atoms with Gasteiger partial charge in [-0.15, -0.1) is 0 Å². The van der Waals surface area contributed by atoms with E-state index < -0.39 is 5.60 Å². The Labute approximate surface area is 94.8 Å². The van der Waals surface area contributed by atoms with Crippen molar-refractivity contribution in [1.82, 2.24) is 4.98 Å². The van der Waals surface area contributed by atoms with Gasteiger partial charge in [0.1, 0.15) is 11.4 Å². The summed E-state index contributed by atoms with van der Waals surface area (Å²) in [5, 5.41) is 0. The summed E-state index contributed by atoms with van der Waals surface area (Å²) in [5.74, 6) is 0.516. The van der Waals surface area contributed by atoms with Crippen LogP contribution in [0.3, 0.4) is 0 Å². The molecule has 16 heavy (non-hydrogen) atoms. The molecule has 0 aliphatic carbocycles. The smallest absolute Gasteiger partial charge is 0.168 e. The van der Waals surface area contributed by atoms with E-state index in [2.05, 4.69) is 4.98 Å². The molecule has 4 heteroatoms. The number of hydrogen-bond acceptors (Lipinski definition) is 4. The maximum absolute atomic E-state index is 12.1. The molecule has 1 fully saturated rings. The Bertz CT molecular complexity index is 398. The van der Waals surface area contributed by atoms with Crippen molar-refractivity contribution in [3.63, 3.8) is 0 Å². The van der Waals surface area contributed by atoms with Crippen molar-refractivity contribution in [2.75, 3.05) is 12.3 Å². The highest BCUT2D eigenvalue weighted by atomic mass is 16.5. The number of carbonyl (C=O) groups is 1. The molecule has 0 spiro atoms. The maximum Gasteiger partial charge on any atom is 0.168 e. The fourth-order valence-corrected chi connectivity index (χ4v) is 1.96. The van der Waals surface area contributed by atoms with Crippen LogP contribution in [0.25, 0.3) is 0 Å². The fourth-order valence-electron chi connectivity index (χ4n) is 1.96. The molecular weight excluding hydrogens is 204 g/mol. The zero-order valence-electron chi connectivity index (χ0n) is 9.40. The monoisotopic (exact) mass is 220 g/mol. The number of pyridine rings is 1. The number of nitrogens with zero attached hydrogens (tertiary/aromatic N) is 1. The van der Waals surface area contributed by atoms with Gasteiger partial charge in [0, 0.05) is 24.8 Å². The highest BCUT2D eigenvalue weighted by Gasteiger charge is 2.37. The predicted molar refractivity (Wildman–Crippen MR) is 61.0 cm³/mol. The predicted octanol–water partition coefficient (Wildman–Crippen LogP) is 1.34. The number of aromatic nitrogens is 1. The topological polar surface area (TPSA) is 65.2 Å². The van der Waals surface area contributed by atoms with Crippen LogP contribution in [0, 0.1) is 0 Å². The standard InChI is InChI=1S/C12H16N2O2/c1-12(5-3-7-16-12)10(15)8-9-4-2-6-14-11(9)13/h2,4,6H,3,5,7-8H2,1H3,(H2,13,14). The summed E-state index contributed by atoms with van der Waals surface area (Å²) in [4.78, 5) is 16.0. The quantitative estimate of drug-likeness (QED) is 0.835. The minimum atomic E-state index is -0.623. The summed E-state index contributed by atoms with van der Waals surface area (Å²) in [5.41, 5.74) is 5.87. The number of nitrogens with two attached hydrogens (primary N) is 1. The number of ether oxygens (including phenoxy) is 1. The fraction of sp³-hybridized carbons (Fsp3) is 0.500. The number of hydrogen-bond donors (Lipinski definition) is 1. The summed E-state index contributed by atoms with van der Waals surface area (Å²) >= 11 is 0. The Morgan fingerprint density at radius 2 is 2.50 bits per heavy atom. The van der Waals surface area contributed by atoms with Crippen LogP contribution >= 0.6 is 0 Å². The molecule has 1 aliphatic heterocycles. The molecule has 1 saturated heterocycles. The molecule has 0 saturated carbocycles. The zero-order chi connectivity index (χ0) is 11.6. The van der Waals surface area contributed by atoms with E-state index in [4.69, 9.17) is 10.5 Å². The molecule has 1 aliphatic rings. The van der Waals surface area contributed by atoms with Gasteiger partial charge in [-0.1, -0.05) is 6.07 Å². The van der Waals surface area contributed by atoms with Crippen LogP contribution in [-0.4, -0.2) is 23.0 Å². The van der Waals surface area contributed by atoms with Gasteiger partial charge in [0.15, 0.2) is 5.78 Å². The van der Waals surface area contributed by atoms with Crippen LogP contribution < -0.4 is 5.73 Å². The van der Waals surface area contributed by atoms with Crippen molar-refractivity contribution >= 4 is 11.6 Å². The number of carbonyl (C=O) groups excluding carboxylic acids is 1. The number of ketones is 1. The lowest BCUT2D eigenvalue weighted by Gasteiger charge is -2.21. The van der Waals surface area contributed by atoms with Crippen molar-refractivity contribution in [2.45, 2.75) is 31.8 Å². The third kappa shape index (κ3) is 2.07. The number of nitrogen functional groups attached to an aromatic ring is 1. The summed E-state index contributed by atoms with van der Waals surface area (Å²) in [6.45, 7) is 2.53. The van der Waals surface area contributed by atoms with Gasteiger partial charge in [0.25, 0.3) is 0 Å². The van der Waals surface area contributed by atoms with Gasteiger partial charge >= 0.3 is 0 Å². The number of rotatable bonds is 3. The molecule has 1 atom stereocenters. The van der Waals surface area contributed by atoms with Crippen molar-refractivity contribution in [3.05, 3.63) is 23.9 Å². The first kappa shape index (κ1) is 11.1. The Morgan fingerprint density at radius 1 is 1.69 bits per heavy atom. The maximum atomic E-state index is 12.1. The molecule has 4 nitrogen and oxygen atoms in total. The summed E-state index contributed by atoms with van der Waals surface area (Å²) in [6.07, 6.45) is 3.67. The Balaban J connectivity index is 2.10. The lowest BCUT2D eigenvalue weighted by atomic mass is 9.93. The molecule has 86 valence electrons. The molecule has 0 bridgehead atoms. The van der Waals surface area contributed by atoms with Gasteiger partial charge in [-0.25, -0.2) is 4.98 Å². The second-order valence-corrected chi connectivity index (χ2v) is 4.33. The first-order chi connectivity index (χ1) is 7.62. The van der Waals surface area contributed by atoms with Crippen molar-refractivity contribution in [1.29, 1.82) is 0 Å². The summed E-state index contributed by atoms with van der Waals surface area (Å²) in [7, 11) is 0. The van der Waals surface area contributed by atoms with E-state index in [1.54, 1.807) is 12.3 Å². The highest BCUT2D eigenvalue weighted by molar-refractivity contribution is 5.89. The van der Waals surface area contributed by atoms with Crippen LogP contribution in [0.4, 0.5) is 5.82 Å². The van der Waals surface area contributed by atoms with Crippen LogP contribution in [0.2, 0.25) is 0 Å². The summed E-state index contributed by atoms with van der Waals surface area (Å²) in [6, 6.07) is 3.62. The van der Waals surface area contributed by atoms with Gasteiger partial charge in [-0.2, -0.15) is 0 Å². The molecular formula is C12H16N2O2. The second-order valence-electron chi connectivity index (χ2n) is 4.33. The van der Waals surface area contributed by atoms with Gasteiger partial charge in [-0.05, 0) is 25.8 Å².